The van der Waals surface area contributed by atoms with E-state index in [1.807, 2.05) is 13.8 Å². The zero-order valence-electron chi connectivity index (χ0n) is 9.38. The molecule has 0 spiro atoms. The van der Waals surface area contributed by atoms with Crippen molar-refractivity contribution in [1.29, 1.82) is 0 Å². The fourth-order valence-corrected chi connectivity index (χ4v) is 1.66. The summed E-state index contributed by atoms with van der Waals surface area (Å²) < 4.78 is 0. The van der Waals surface area contributed by atoms with Crippen LogP contribution in [0.1, 0.15) is 37.8 Å². The van der Waals surface area contributed by atoms with Crippen molar-refractivity contribution >= 4 is 0 Å². The van der Waals surface area contributed by atoms with Crippen molar-refractivity contribution in [3.05, 3.63) is 35.4 Å². The minimum atomic E-state index is 0.131. The molecule has 1 aliphatic carbocycles. The first kappa shape index (κ1) is 11.3. The van der Waals surface area contributed by atoms with Crippen LogP contribution in [-0.2, 0) is 5.41 Å². The van der Waals surface area contributed by atoms with Gasteiger partial charge in [-0.2, -0.15) is 0 Å². The zero-order valence-corrected chi connectivity index (χ0v) is 9.38. The first-order valence-corrected chi connectivity index (χ1v) is 5.45. The molecule has 1 aromatic rings. The molecule has 0 radical (unpaired) electrons. The topological polar surface area (TPSA) is 20.2 Å². The van der Waals surface area contributed by atoms with Gasteiger partial charge < -0.3 is 5.11 Å². The molecule has 1 saturated carbocycles. The molecule has 0 bridgehead atoms. The molecule has 1 fully saturated rings. The Bertz CT molecular complexity index is 287. The van der Waals surface area contributed by atoms with Crippen LogP contribution in [0.15, 0.2) is 24.3 Å². The molecule has 0 unspecified atom stereocenters. The molecular formula is C13H20O. The van der Waals surface area contributed by atoms with Gasteiger partial charge in [-0.3, -0.25) is 0 Å². The number of hydrogen-bond donors (Lipinski definition) is 1. The Balaban J connectivity index is 0.000000461. The van der Waals surface area contributed by atoms with Crippen LogP contribution in [0.2, 0.25) is 0 Å². The molecule has 1 aliphatic rings. The SMILES string of the molecule is CC.Cc1cccc(C2(CO)CC2)c1. The predicted molar refractivity (Wildman–Crippen MR) is 60.5 cm³/mol. The van der Waals surface area contributed by atoms with Gasteiger partial charge in [-0.1, -0.05) is 43.7 Å². The second-order valence-electron chi connectivity index (χ2n) is 3.81. The fraction of sp³-hybridized carbons (Fsp3) is 0.538. The molecule has 0 amide bonds. The van der Waals surface area contributed by atoms with E-state index in [9.17, 15) is 5.11 Å². The van der Waals surface area contributed by atoms with Gasteiger partial charge in [0.25, 0.3) is 0 Å². The molecule has 14 heavy (non-hydrogen) atoms. The monoisotopic (exact) mass is 192 g/mol. The summed E-state index contributed by atoms with van der Waals surface area (Å²) in [7, 11) is 0. The highest BCUT2D eigenvalue weighted by atomic mass is 16.3. The van der Waals surface area contributed by atoms with Crippen molar-refractivity contribution in [2.24, 2.45) is 0 Å². The Morgan fingerprint density at radius 2 is 1.93 bits per heavy atom. The lowest BCUT2D eigenvalue weighted by Gasteiger charge is -2.11. The molecule has 0 aromatic heterocycles. The summed E-state index contributed by atoms with van der Waals surface area (Å²) in [4.78, 5) is 0. The Hall–Kier alpha value is -0.820. The van der Waals surface area contributed by atoms with E-state index in [0.29, 0.717) is 6.61 Å². The average Bonchev–Trinajstić information content (AvgIpc) is 3.01. The van der Waals surface area contributed by atoms with Gasteiger partial charge in [-0.05, 0) is 25.3 Å². The second kappa shape index (κ2) is 4.61. The van der Waals surface area contributed by atoms with Gasteiger partial charge in [0.2, 0.25) is 0 Å². The summed E-state index contributed by atoms with van der Waals surface area (Å²) >= 11 is 0. The lowest BCUT2D eigenvalue weighted by Crippen LogP contribution is -2.11. The van der Waals surface area contributed by atoms with E-state index < -0.39 is 0 Å². The van der Waals surface area contributed by atoms with Crippen molar-refractivity contribution in [1.82, 2.24) is 0 Å². The molecule has 1 aromatic carbocycles. The molecule has 0 heterocycles. The summed E-state index contributed by atoms with van der Waals surface area (Å²) in [5.41, 5.74) is 2.73. The van der Waals surface area contributed by atoms with E-state index in [2.05, 4.69) is 31.2 Å². The highest BCUT2D eigenvalue weighted by Crippen LogP contribution is 2.47. The number of benzene rings is 1. The van der Waals surface area contributed by atoms with E-state index in [1.54, 1.807) is 0 Å². The largest absolute Gasteiger partial charge is 0.395 e. The van der Waals surface area contributed by atoms with Gasteiger partial charge in [0.05, 0.1) is 6.61 Å². The maximum absolute atomic E-state index is 9.20. The summed E-state index contributed by atoms with van der Waals surface area (Å²) in [6.45, 7) is 6.40. The number of hydrogen-bond acceptors (Lipinski definition) is 1. The number of aliphatic hydroxyl groups excluding tert-OH is 1. The van der Waals surface area contributed by atoms with Gasteiger partial charge in [0.15, 0.2) is 0 Å². The standard InChI is InChI=1S/C11H14O.C2H6/c1-9-3-2-4-10(7-9)11(8-12)5-6-11;1-2/h2-4,7,12H,5-6,8H2,1H3;1-2H3. The third kappa shape index (κ3) is 2.16. The van der Waals surface area contributed by atoms with E-state index in [0.717, 1.165) is 12.8 Å². The predicted octanol–water partition coefficient (Wildman–Crippen LogP) is 3.05. The van der Waals surface area contributed by atoms with Crippen LogP contribution >= 0.6 is 0 Å². The van der Waals surface area contributed by atoms with Crippen molar-refractivity contribution in [2.75, 3.05) is 6.61 Å². The highest BCUT2D eigenvalue weighted by Gasteiger charge is 2.43. The number of aryl methyl sites for hydroxylation is 1. The van der Waals surface area contributed by atoms with Crippen molar-refractivity contribution in [3.8, 4) is 0 Å². The van der Waals surface area contributed by atoms with Gasteiger partial charge in [-0.25, -0.2) is 0 Å². The quantitative estimate of drug-likeness (QED) is 0.763. The van der Waals surface area contributed by atoms with Crippen molar-refractivity contribution in [2.45, 2.75) is 39.0 Å². The molecule has 0 aliphatic heterocycles. The third-order valence-corrected chi connectivity index (χ3v) is 2.79. The first-order chi connectivity index (χ1) is 6.77. The van der Waals surface area contributed by atoms with Crippen LogP contribution in [0.3, 0.4) is 0 Å². The Morgan fingerprint density at radius 1 is 1.29 bits per heavy atom. The molecule has 78 valence electrons. The summed E-state index contributed by atoms with van der Waals surface area (Å²) in [6.07, 6.45) is 2.29. The minimum Gasteiger partial charge on any atom is -0.395 e. The number of rotatable bonds is 2. The fourth-order valence-electron chi connectivity index (χ4n) is 1.66. The van der Waals surface area contributed by atoms with Gasteiger partial charge in [0, 0.05) is 5.41 Å². The van der Waals surface area contributed by atoms with Crippen LogP contribution in [0.5, 0.6) is 0 Å². The van der Waals surface area contributed by atoms with E-state index >= 15 is 0 Å². The van der Waals surface area contributed by atoms with Crippen LogP contribution in [0.4, 0.5) is 0 Å². The van der Waals surface area contributed by atoms with E-state index in [-0.39, 0.29) is 5.41 Å². The molecule has 0 atom stereocenters. The van der Waals surface area contributed by atoms with Crippen LogP contribution in [0, 0.1) is 6.92 Å². The smallest absolute Gasteiger partial charge is 0.0527 e. The molecule has 0 saturated heterocycles. The molecule has 2 rings (SSSR count). The average molecular weight is 192 g/mol. The highest BCUT2D eigenvalue weighted by molar-refractivity contribution is 5.34. The van der Waals surface area contributed by atoms with Crippen LogP contribution in [-0.4, -0.2) is 11.7 Å². The third-order valence-electron chi connectivity index (χ3n) is 2.79. The van der Waals surface area contributed by atoms with Crippen molar-refractivity contribution in [3.63, 3.8) is 0 Å². The molecule has 1 heteroatoms. The molecule has 1 N–H and O–H groups in total. The Kier molecular flexibility index (Phi) is 3.70. The first-order valence-electron chi connectivity index (χ1n) is 5.45. The Labute approximate surface area is 86.8 Å². The summed E-state index contributed by atoms with van der Waals surface area (Å²) in [6, 6.07) is 8.47. The Morgan fingerprint density at radius 3 is 2.36 bits per heavy atom. The minimum absolute atomic E-state index is 0.131. The number of aliphatic hydroxyl groups is 1. The van der Waals surface area contributed by atoms with Crippen LogP contribution in [0.25, 0.3) is 0 Å². The van der Waals surface area contributed by atoms with E-state index in [1.165, 1.54) is 11.1 Å². The van der Waals surface area contributed by atoms with Gasteiger partial charge in [-0.15, -0.1) is 0 Å². The lowest BCUT2D eigenvalue weighted by atomic mass is 9.96. The van der Waals surface area contributed by atoms with E-state index in [4.69, 9.17) is 0 Å². The summed E-state index contributed by atoms with van der Waals surface area (Å²) in [5.74, 6) is 0. The van der Waals surface area contributed by atoms with Crippen LogP contribution < -0.4 is 0 Å². The lowest BCUT2D eigenvalue weighted by molar-refractivity contribution is 0.255. The second-order valence-corrected chi connectivity index (χ2v) is 3.81. The zero-order chi connectivity index (χ0) is 10.6. The van der Waals surface area contributed by atoms with Crippen molar-refractivity contribution < 1.29 is 5.11 Å². The normalized spacial score (nSPS) is 16.9. The maximum Gasteiger partial charge on any atom is 0.0527 e. The van der Waals surface area contributed by atoms with Gasteiger partial charge in [0.1, 0.15) is 0 Å². The maximum atomic E-state index is 9.20. The molecular weight excluding hydrogens is 172 g/mol. The van der Waals surface area contributed by atoms with Gasteiger partial charge >= 0.3 is 0 Å². The summed E-state index contributed by atoms with van der Waals surface area (Å²) in [5, 5.41) is 9.20. The molecule has 1 nitrogen and oxygen atoms in total.